The summed E-state index contributed by atoms with van der Waals surface area (Å²) in [5, 5.41) is 10.6. The smallest absolute Gasteiger partial charge is 0.338 e. The van der Waals surface area contributed by atoms with Crippen molar-refractivity contribution in [3.63, 3.8) is 0 Å². The fourth-order valence-electron chi connectivity index (χ4n) is 5.80. The van der Waals surface area contributed by atoms with Gasteiger partial charge >= 0.3 is 23.9 Å². The molecule has 0 radical (unpaired) electrons. The standard InChI is InChI=1S/C44H44O11/c1-4-44(3,27-17-18-30(2)29-50-39(46)31-19-9-5-10-20-31)55-43-38(54-42(49)34-25-15-8-16-26-34)37(53-41(48)33-23-13-7-14-24-33)36(35(28-45)51-43)52-40(47)32-21-11-6-12-22-32/h4-16,18-26,35-38,43,45H,1,17,27-29H2,2-3H3/b30-18+/t35-,36-,37+,38-,43+,44+/m1/s1. The summed E-state index contributed by atoms with van der Waals surface area (Å²) in [6.45, 7) is 6.96. The first-order valence-electron chi connectivity index (χ1n) is 17.8. The van der Waals surface area contributed by atoms with Crippen LogP contribution in [-0.4, -0.2) is 78.5 Å². The first kappa shape index (κ1) is 40.3. The van der Waals surface area contributed by atoms with E-state index >= 15 is 0 Å². The highest BCUT2D eigenvalue weighted by atomic mass is 16.7. The van der Waals surface area contributed by atoms with Gasteiger partial charge < -0.3 is 33.5 Å². The van der Waals surface area contributed by atoms with Crippen molar-refractivity contribution < 1.29 is 52.7 Å². The zero-order valence-electron chi connectivity index (χ0n) is 30.7. The average Bonchev–Trinajstić information content (AvgIpc) is 3.22. The van der Waals surface area contributed by atoms with Crippen LogP contribution in [0.3, 0.4) is 0 Å². The van der Waals surface area contributed by atoms with Crippen LogP contribution >= 0.6 is 0 Å². The number of esters is 4. The lowest BCUT2D eigenvalue weighted by Gasteiger charge is -2.46. The molecule has 0 aromatic heterocycles. The van der Waals surface area contributed by atoms with Gasteiger partial charge in [-0.3, -0.25) is 0 Å². The average molecular weight is 749 g/mol. The molecule has 0 unspecified atom stereocenters. The molecule has 0 saturated carbocycles. The van der Waals surface area contributed by atoms with Crippen LogP contribution in [0.5, 0.6) is 0 Å². The van der Waals surface area contributed by atoms with Gasteiger partial charge in [0.2, 0.25) is 0 Å². The van der Waals surface area contributed by atoms with Crippen LogP contribution in [0.1, 0.15) is 68.1 Å². The minimum atomic E-state index is -1.51. The molecule has 0 spiro atoms. The van der Waals surface area contributed by atoms with Crippen molar-refractivity contribution >= 4 is 23.9 Å². The van der Waals surface area contributed by atoms with Gasteiger partial charge in [0.05, 0.1) is 34.5 Å². The molecule has 1 aliphatic rings. The van der Waals surface area contributed by atoms with Gasteiger partial charge in [0.15, 0.2) is 24.6 Å². The largest absolute Gasteiger partial charge is 0.458 e. The van der Waals surface area contributed by atoms with E-state index in [-0.39, 0.29) is 23.3 Å². The van der Waals surface area contributed by atoms with Crippen LogP contribution < -0.4 is 0 Å². The lowest BCUT2D eigenvalue weighted by atomic mass is 9.95. The van der Waals surface area contributed by atoms with E-state index in [0.29, 0.717) is 18.4 Å². The second-order valence-corrected chi connectivity index (χ2v) is 13.1. The Balaban J connectivity index is 1.42. The minimum absolute atomic E-state index is 0.0817. The van der Waals surface area contributed by atoms with E-state index in [1.807, 2.05) is 19.1 Å². The number of hydrogen-bond donors (Lipinski definition) is 1. The molecule has 286 valence electrons. The molecule has 1 heterocycles. The van der Waals surface area contributed by atoms with Gasteiger partial charge in [-0.05, 0) is 80.8 Å². The summed E-state index contributed by atoms with van der Waals surface area (Å²) in [5.74, 6) is -2.81. The SMILES string of the molecule is C=C[C@@](C)(CC/C=C(\C)COC(=O)c1ccccc1)O[C@@H]1O[C@H](CO)[C@@H](OC(=O)c2ccccc2)[C@H](OC(=O)c2ccccc2)[C@H]1OC(=O)c1ccccc1. The Morgan fingerprint density at radius 2 is 1.09 bits per heavy atom. The van der Waals surface area contributed by atoms with Gasteiger partial charge in [0.25, 0.3) is 0 Å². The third kappa shape index (κ3) is 11.1. The Kier molecular flexibility index (Phi) is 14.3. The Morgan fingerprint density at radius 3 is 1.53 bits per heavy atom. The Hall–Kier alpha value is -5.88. The van der Waals surface area contributed by atoms with Crippen LogP contribution in [0.2, 0.25) is 0 Å². The topological polar surface area (TPSA) is 144 Å². The summed E-state index contributed by atoms with van der Waals surface area (Å²) in [4.78, 5) is 53.1. The fourth-order valence-corrected chi connectivity index (χ4v) is 5.80. The maximum Gasteiger partial charge on any atom is 0.338 e. The lowest BCUT2D eigenvalue weighted by molar-refractivity contribution is -0.317. The van der Waals surface area contributed by atoms with Gasteiger partial charge in [-0.1, -0.05) is 84.9 Å². The molecule has 1 aliphatic heterocycles. The summed E-state index contributed by atoms with van der Waals surface area (Å²) >= 11 is 0. The Labute approximate surface area is 320 Å². The summed E-state index contributed by atoms with van der Waals surface area (Å²) in [6, 6.07) is 33.1. The van der Waals surface area contributed by atoms with E-state index in [1.165, 1.54) is 0 Å². The number of aliphatic hydroxyl groups is 1. The maximum atomic E-state index is 13.6. The van der Waals surface area contributed by atoms with Gasteiger partial charge in [-0.2, -0.15) is 0 Å². The molecule has 0 aliphatic carbocycles. The van der Waals surface area contributed by atoms with E-state index in [0.717, 1.165) is 5.57 Å². The van der Waals surface area contributed by atoms with Gasteiger partial charge in [-0.25, -0.2) is 19.2 Å². The van der Waals surface area contributed by atoms with E-state index in [2.05, 4.69) is 6.58 Å². The number of carbonyl (C=O) groups is 4. The molecule has 1 N–H and O–H groups in total. The molecule has 5 rings (SSSR count). The van der Waals surface area contributed by atoms with Crippen LogP contribution in [0.4, 0.5) is 0 Å². The van der Waals surface area contributed by atoms with Crippen molar-refractivity contribution in [1.82, 2.24) is 0 Å². The maximum absolute atomic E-state index is 13.6. The highest BCUT2D eigenvalue weighted by Gasteiger charge is 2.54. The number of ether oxygens (including phenoxy) is 6. The summed E-state index contributed by atoms with van der Waals surface area (Å²) in [6.07, 6.45) is -2.96. The van der Waals surface area contributed by atoms with Crippen molar-refractivity contribution in [3.05, 3.63) is 168 Å². The molecule has 1 fully saturated rings. The summed E-state index contributed by atoms with van der Waals surface area (Å²) in [5.41, 5.74) is 0.680. The predicted molar refractivity (Wildman–Crippen MR) is 202 cm³/mol. The molecular formula is C44H44O11. The number of rotatable bonds is 16. The minimum Gasteiger partial charge on any atom is -0.458 e. The zero-order valence-corrected chi connectivity index (χ0v) is 30.7. The van der Waals surface area contributed by atoms with E-state index in [9.17, 15) is 24.3 Å². The normalized spacial score (nSPS) is 20.6. The first-order chi connectivity index (χ1) is 26.6. The van der Waals surface area contributed by atoms with E-state index in [1.54, 1.807) is 128 Å². The highest BCUT2D eigenvalue weighted by molar-refractivity contribution is 5.91. The first-order valence-corrected chi connectivity index (χ1v) is 17.8. The molecule has 4 aromatic rings. The van der Waals surface area contributed by atoms with Gasteiger partial charge in [0, 0.05) is 0 Å². The molecule has 11 heteroatoms. The third-order valence-electron chi connectivity index (χ3n) is 8.92. The summed E-state index contributed by atoms with van der Waals surface area (Å²) < 4.78 is 36.2. The van der Waals surface area contributed by atoms with Crippen molar-refractivity contribution in [2.45, 2.75) is 63.0 Å². The Bertz CT molecular complexity index is 1910. The van der Waals surface area contributed by atoms with E-state index < -0.39 is 66.8 Å². The van der Waals surface area contributed by atoms with Crippen molar-refractivity contribution in [2.24, 2.45) is 0 Å². The van der Waals surface area contributed by atoms with Crippen molar-refractivity contribution in [3.8, 4) is 0 Å². The lowest BCUT2D eigenvalue weighted by Crippen LogP contribution is -2.63. The molecule has 6 atom stereocenters. The monoisotopic (exact) mass is 748 g/mol. The number of hydrogen-bond acceptors (Lipinski definition) is 11. The number of allylic oxidation sites excluding steroid dienone is 1. The van der Waals surface area contributed by atoms with Gasteiger partial charge in [-0.15, -0.1) is 6.58 Å². The fraction of sp³-hybridized carbons (Fsp3) is 0.273. The molecule has 0 amide bonds. The predicted octanol–water partition coefficient (Wildman–Crippen LogP) is 6.93. The number of carbonyl (C=O) groups excluding carboxylic acids is 4. The van der Waals surface area contributed by atoms with Crippen LogP contribution in [0, 0.1) is 0 Å². The second kappa shape index (κ2) is 19.4. The second-order valence-electron chi connectivity index (χ2n) is 13.1. The van der Waals surface area contributed by atoms with E-state index in [4.69, 9.17) is 28.4 Å². The van der Waals surface area contributed by atoms with Crippen LogP contribution in [0.25, 0.3) is 0 Å². The molecule has 1 saturated heterocycles. The molecule has 55 heavy (non-hydrogen) atoms. The molecule has 4 aromatic carbocycles. The number of aliphatic hydroxyl groups excluding tert-OH is 1. The molecule has 0 bridgehead atoms. The van der Waals surface area contributed by atoms with Crippen molar-refractivity contribution in [1.29, 1.82) is 0 Å². The highest BCUT2D eigenvalue weighted by Crippen LogP contribution is 2.34. The Morgan fingerprint density at radius 1 is 0.673 bits per heavy atom. The quantitative estimate of drug-likeness (QED) is 0.0724. The summed E-state index contributed by atoms with van der Waals surface area (Å²) in [7, 11) is 0. The van der Waals surface area contributed by atoms with Gasteiger partial charge in [0.1, 0.15) is 12.7 Å². The zero-order chi connectivity index (χ0) is 39.2. The molecule has 11 nitrogen and oxygen atoms in total. The third-order valence-corrected chi connectivity index (χ3v) is 8.92. The van der Waals surface area contributed by atoms with Crippen molar-refractivity contribution in [2.75, 3.05) is 13.2 Å². The van der Waals surface area contributed by atoms with Crippen LogP contribution in [0.15, 0.2) is 146 Å². The van der Waals surface area contributed by atoms with Crippen LogP contribution in [-0.2, 0) is 28.4 Å². The number of benzene rings is 4. The molecular weight excluding hydrogens is 704 g/mol.